The van der Waals surface area contributed by atoms with Crippen LogP contribution in [0.1, 0.15) is 17.6 Å². The van der Waals surface area contributed by atoms with Crippen molar-refractivity contribution in [2.24, 2.45) is 0 Å². The maximum atomic E-state index is 11.4. The molecule has 0 fully saturated rings. The van der Waals surface area contributed by atoms with Crippen LogP contribution in [-0.2, 0) is 16.6 Å². The van der Waals surface area contributed by atoms with Crippen molar-refractivity contribution in [1.29, 1.82) is 0 Å². The summed E-state index contributed by atoms with van der Waals surface area (Å²) < 4.78 is 25.4. The van der Waals surface area contributed by atoms with E-state index in [1.54, 1.807) is 30.4 Å². The Morgan fingerprint density at radius 1 is 1.20 bits per heavy atom. The molecule has 0 spiro atoms. The highest BCUT2D eigenvalue weighted by Crippen LogP contribution is 2.16. The van der Waals surface area contributed by atoms with Gasteiger partial charge in [-0.2, -0.15) is 0 Å². The lowest BCUT2D eigenvalue weighted by molar-refractivity contribution is 0.602. The van der Waals surface area contributed by atoms with Crippen LogP contribution in [0.3, 0.4) is 0 Å². The Morgan fingerprint density at radius 3 is 2.40 bits per heavy atom. The highest BCUT2D eigenvalue weighted by Gasteiger charge is 2.06. The zero-order chi connectivity index (χ0) is 14.6. The minimum atomic E-state index is -3.22. The number of hydrogen-bond donors (Lipinski definition) is 2. The summed E-state index contributed by atoms with van der Waals surface area (Å²) in [6.07, 6.45) is 0. The van der Waals surface area contributed by atoms with E-state index in [9.17, 15) is 8.42 Å². The molecular weight excluding hydrogens is 294 g/mol. The minimum Gasteiger partial charge on any atom is -0.379 e. The van der Waals surface area contributed by atoms with Gasteiger partial charge in [-0.3, -0.25) is 4.72 Å². The van der Waals surface area contributed by atoms with E-state index in [0.717, 1.165) is 16.4 Å². The second-order valence-corrected chi connectivity index (χ2v) is 7.27. The molecule has 1 aromatic heterocycles. The Hall–Kier alpha value is -1.60. The van der Waals surface area contributed by atoms with Gasteiger partial charge in [0.2, 0.25) is 10.0 Å². The number of aromatic nitrogens is 1. The van der Waals surface area contributed by atoms with Gasteiger partial charge in [0.25, 0.3) is 0 Å². The fourth-order valence-electron chi connectivity index (χ4n) is 1.57. The van der Waals surface area contributed by atoms with Crippen molar-refractivity contribution in [3.63, 3.8) is 0 Å². The van der Waals surface area contributed by atoms with Crippen LogP contribution in [-0.4, -0.2) is 19.2 Å². The molecule has 1 heterocycles. The van der Waals surface area contributed by atoms with Crippen LogP contribution in [0.5, 0.6) is 0 Å². The zero-order valence-corrected chi connectivity index (χ0v) is 13.0. The number of nitrogens with zero attached hydrogens (tertiary/aromatic N) is 1. The van der Waals surface area contributed by atoms with Crippen LogP contribution >= 0.6 is 11.3 Å². The van der Waals surface area contributed by atoms with Crippen LogP contribution in [0.2, 0.25) is 0 Å². The summed E-state index contributed by atoms with van der Waals surface area (Å²) >= 11 is 1.62. The van der Waals surface area contributed by atoms with Crippen molar-refractivity contribution >= 4 is 32.7 Å². The van der Waals surface area contributed by atoms with E-state index in [-0.39, 0.29) is 5.75 Å². The molecule has 0 saturated carbocycles. The molecule has 0 bridgehead atoms. The standard InChI is InChI=1S/C13H17N3O2S2/c1-3-20(17,18)16-12-6-4-11(5-7-12)14-8-13-15-10(2)9-19-13/h4-7,9,14,16H,3,8H2,1-2H3. The molecule has 108 valence electrons. The smallest absolute Gasteiger partial charge is 0.232 e. The van der Waals surface area contributed by atoms with Gasteiger partial charge in [-0.05, 0) is 38.1 Å². The summed E-state index contributed by atoms with van der Waals surface area (Å²) in [5, 5.41) is 6.29. The van der Waals surface area contributed by atoms with Crippen molar-refractivity contribution in [1.82, 2.24) is 4.98 Å². The number of hydrogen-bond acceptors (Lipinski definition) is 5. The van der Waals surface area contributed by atoms with Crippen LogP contribution < -0.4 is 10.0 Å². The number of nitrogens with one attached hydrogen (secondary N) is 2. The summed E-state index contributed by atoms with van der Waals surface area (Å²) in [5.41, 5.74) is 2.52. The van der Waals surface area contributed by atoms with E-state index in [0.29, 0.717) is 12.2 Å². The lowest BCUT2D eigenvalue weighted by Gasteiger charge is -2.08. The number of benzene rings is 1. The predicted molar refractivity (Wildman–Crippen MR) is 83.7 cm³/mol. The normalized spacial score (nSPS) is 11.3. The largest absolute Gasteiger partial charge is 0.379 e. The quantitative estimate of drug-likeness (QED) is 0.860. The lowest BCUT2D eigenvalue weighted by Crippen LogP contribution is -2.14. The third-order valence-corrected chi connectivity index (χ3v) is 4.92. The molecule has 0 amide bonds. The van der Waals surface area contributed by atoms with Gasteiger partial charge in [0, 0.05) is 22.4 Å². The Bertz CT molecular complexity index is 663. The first-order chi connectivity index (χ1) is 9.48. The van der Waals surface area contributed by atoms with Crippen LogP contribution in [0.25, 0.3) is 0 Å². The van der Waals surface area contributed by atoms with Gasteiger partial charge in [-0.1, -0.05) is 0 Å². The molecule has 5 nitrogen and oxygen atoms in total. The molecule has 0 unspecified atom stereocenters. The fourth-order valence-corrected chi connectivity index (χ4v) is 2.92. The van der Waals surface area contributed by atoms with Gasteiger partial charge < -0.3 is 5.32 Å². The monoisotopic (exact) mass is 311 g/mol. The highest BCUT2D eigenvalue weighted by atomic mass is 32.2. The summed E-state index contributed by atoms with van der Waals surface area (Å²) in [6.45, 7) is 4.24. The molecular formula is C13H17N3O2S2. The van der Waals surface area contributed by atoms with Crippen molar-refractivity contribution in [2.45, 2.75) is 20.4 Å². The highest BCUT2D eigenvalue weighted by molar-refractivity contribution is 7.92. The van der Waals surface area contributed by atoms with Crippen molar-refractivity contribution < 1.29 is 8.42 Å². The first-order valence-electron chi connectivity index (χ1n) is 6.24. The number of anilines is 2. The van der Waals surface area contributed by atoms with Crippen molar-refractivity contribution in [2.75, 3.05) is 15.8 Å². The van der Waals surface area contributed by atoms with E-state index in [1.165, 1.54) is 0 Å². The molecule has 20 heavy (non-hydrogen) atoms. The average molecular weight is 311 g/mol. The third kappa shape index (κ3) is 4.21. The van der Waals surface area contributed by atoms with Gasteiger partial charge in [-0.15, -0.1) is 11.3 Å². The number of aryl methyl sites for hydroxylation is 1. The third-order valence-electron chi connectivity index (χ3n) is 2.65. The Morgan fingerprint density at radius 2 is 1.85 bits per heavy atom. The van der Waals surface area contributed by atoms with E-state index < -0.39 is 10.0 Å². The number of thiazole rings is 1. The molecule has 2 rings (SSSR count). The van der Waals surface area contributed by atoms with E-state index >= 15 is 0 Å². The topological polar surface area (TPSA) is 71.1 Å². The molecule has 0 radical (unpaired) electrons. The number of sulfonamides is 1. The fraction of sp³-hybridized carbons (Fsp3) is 0.308. The molecule has 2 aromatic rings. The molecule has 2 N–H and O–H groups in total. The Balaban J connectivity index is 1.94. The Labute approximate surface area is 123 Å². The summed E-state index contributed by atoms with van der Waals surface area (Å²) in [6, 6.07) is 7.16. The summed E-state index contributed by atoms with van der Waals surface area (Å²) in [4.78, 5) is 4.37. The van der Waals surface area contributed by atoms with Gasteiger partial charge in [0.05, 0.1) is 12.3 Å². The van der Waals surface area contributed by atoms with Crippen molar-refractivity contribution in [3.8, 4) is 0 Å². The molecule has 0 aliphatic rings. The second kappa shape index (κ2) is 6.23. The molecule has 0 aliphatic carbocycles. The minimum absolute atomic E-state index is 0.0659. The number of rotatable bonds is 6. The van der Waals surface area contributed by atoms with Gasteiger partial charge in [0.15, 0.2) is 0 Å². The second-order valence-electron chi connectivity index (χ2n) is 4.32. The SMILES string of the molecule is CCS(=O)(=O)Nc1ccc(NCc2nc(C)cs2)cc1. The summed E-state index contributed by atoms with van der Waals surface area (Å²) in [7, 11) is -3.22. The Kier molecular flexibility index (Phi) is 4.61. The first-order valence-corrected chi connectivity index (χ1v) is 8.77. The van der Waals surface area contributed by atoms with Gasteiger partial charge >= 0.3 is 0 Å². The predicted octanol–water partition coefficient (Wildman–Crippen LogP) is 2.83. The van der Waals surface area contributed by atoms with Crippen LogP contribution in [0.15, 0.2) is 29.6 Å². The van der Waals surface area contributed by atoms with Gasteiger partial charge in [-0.25, -0.2) is 13.4 Å². The van der Waals surface area contributed by atoms with E-state index in [2.05, 4.69) is 15.0 Å². The van der Waals surface area contributed by atoms with E-state index in [4.69, 9.17) is 0 Å². The molecule has 0 saturated heterocycles. The molecule has 0 atom stereocenters. The first kappa shape index (κ1) is 14.8. The molecule has 7 heteroatoms. The lowest BCUT2D eigenvalue weighted by atomic mass is 10.3. The maximum Gasteiger partial charge on any atom is 0.232 e. The average Bonchev–Trinajstić information content (AvgIpc) is 2.83. The summed E-state index contributed by atoms with van der Waals surface area (Å²) in [5.74, 6) is 0.0659. The zero-order valence-electron chi connectivity index (χ0n) is 11.4. The van der Waals surface area contributed by atoms with Crippen LogP contribution in [0, 0.1) is 6.92 Å². The van der Waals surface area contributed by atoms with E-state index in [1.807, 2.05) is 24.4 Å². The van der Waals surface area contributed by atoms with Crippen molar-refractivity contribution in [3.05, 3.63) is 40.3 Å². The maximum absolute atomic E-state index is 11.4. The molecule has 0 aliphatic heterocycles. The van der Waals surface area contributed by atoms with Crippen LogP contribution in [0.4, 0.5) is 11.4 Å². The molecule has 1 aromatic carbocycles. The van der Waals surface area contributed by atoms with Gasteiger partial charge in [0.1, 0.15) is 5.01 Å².